The highest BCUT2D eigenvalue weighted by molar-refractivity contribution is 5.89. The van der Waals surface area contributed by atoms with Crippen molar-refractivity contribution in [1.29, 1.82) is 0 Å². The van der Waals surface area contributed by atoms with Crippen molar-refractivity contribution in [2.75, 3.05) is 6.61 Å². The number of hydrogen-bond donors (Lipinski definition) is 0. The molecule has 0 heterocycles. The highest BCUT2D eigenvalue weighted by Crippen LogP contribution is 2.13. The van der Waals surface area contributed by atoms with E-state index < -0.39 is 5.97 Å². The van der Waals surface area contributed by atoms with Gasteiger partial charge in [0.15, 0.2) is 6.61 Å². The predicted octanol–water partition coefficient (Wildman–Crippen LogP) is 2.58. The summed E-state index contributed by atoms with van der Waals surface area (Å²) in [5, 5.41) is 0. The van der Waals surface area contributed by atoms with Gasteiger partial charge in [0, 0.05) is 0 Å². The summed E-state index contributed by atoms with van der Waals surface area (Å²) in [5.41, 5.74) is 0.441. The fourth-order valence-corrected chi connectivity index (χ4v) is 1.41. The van der Waals surface area contributed by atoms with Crippen molar-refractivity contribution in [2.24, 2.45) is 0 Å². The molecule has 0 N–H and O–H groups in total. The first kappa shape index (κ1) is 16.0. The van der Waals surface area contributed by atoms with Gasteiger partial charge >= 0.3 is 11.9 Å². The van der Waals surface area contributed by atoms with E-state index in [0.29, 0.717) is 11.3 Å². The van der Waals surface area contributed by atoms with Crippen LogP contribution in [0.2, 0.25) is 0 Å². The summed E-state index contributed by atoms with van der Waals surface area (Å²) in [6, 6.07) is 6.40. The van der Waals surface area contributed by atoms with E-state index in [1.165, 1.54) is 0 Å². The van der Waals surface area contributed by atoms with Crippen molar-refractivity contribution < 1.29 is 23.8 Å². The zero-order valence-electron chi connectivity index (χ0n) is 12.2. The van der Waals surface area contributed by atoms with Gasteiger partial charge in [-0.05, 0) is 52.0 Å². The number of benzene rings is 1. The molecule has 0 atom stereocenters. The van der Waals surface area contributed by atoms with Crippen LogP contribution in [0, 0.1) is 0 Å². The number of hydrogen-bond acceptors (Lipinski definition) is 5. The molecule has 0 aliphatic rings. The molecule has 5 nitrogen and oxygen atoms in total. The lowest BCUT2D eigenvalue weighted by atomic mass is 10.2. The summed E-state index contributed by atoms with van der Waals surface area (Å²) in [6.07, 6.45) is -0.330. The second kappa shape index (κ2) is 7.53. The third kappa shape index (κ3) is 5.73. The van der Waals surface area contributed by atoms with Crippen molar-refractivity contribution in [2.45, 2.75) is 39.9 Å². The lowest BCUT2D eigenvalue weighted by Crippen LogP contribution is -2.18. The molecule has 0 fully saturated rings. The Morgan fingerprint density at radius 2 is 1.50 bits per heavy atom. The molecule has 5 heteroatoms. The maximum atomic E-state index is 11.6. The van der Waals surface area contributed by atoms with Gasteiger partial charge in [0.05, 0.1) is 17.8 Å². The molecule has 0 saturated heterocycles. The average molecular weight is 280 g/mol. The van der Waals surface area contributed by atoms with E-state index in [1.807, 2.05) is 0 Å². The predicted molar refractivity (Wildman–Crippen MR) is 73.7 cm³/mol. The molecule has 0 aliphatic heterocycles. The zero-order valence-corrected chi connectivity index (χ0v) is 12.2. The number of ether oxygens (including phenoxy) is 3. The second-order valence-corrected chi connectivity index (χ2v) is 4.81. The van der Waals surface area contributed by atoms with Crippen LogP contribution in [0.15, 0.2) is 24.3 Å². The van der Waals surface area contributed by atoms with E-state index in [2.05, 4.69) is 0 Å². The number of carbonyl (C=O) groups is 2. The van der Waals surface area contributed by atoms with E-state index in [1.54, 1.807) is 52.0 Å². The maximum absolute atomic E-state index is 11.6. The SMILES string of the molecule is CC(C)OC(=O)COc1ccc(C(=O)OC(C)C)cc1. The van der Waals surface area contributed by atoms with Crippen LogP contribution in [-0.2, 0) is 14.3 Å². The van der Waals surface area contributed by atoms with E-state index in [-0.39, 0.29) is 24.8 Å². The average Bonchev–Trinajstić information content (AvgIpc) is 2.35. The summed E-state index contributed by atoms with van der Waals surface area (Å²) < 4.78 is 15.3. The smallest absolute Gasteiger partial charge is 0.344 e. The molecule has 0 saturated carbocycles. The van der Waals surface area contributed by atoms with E-state index in [4.69, 9.17) is 14.2 Å². The number of esters is 2. The van der Waals surface area contributed by atoms with Crippen molar-refractivity contribution in [3.63, 3.8) is 0 Å². The first-order valence-electron chi connectivity index (χ1n) is 6.52. The molecule has 0 spiro atoms. The van der Waals surface area contributed by atoms with E-state index in [0.717, 1.165) is 0 Å². The number of carbonyl (C=O) groups excluding carboxylic acids is 2. The topological polar surface area (TPSA) is 61.8 Å². The quantitative estimate of drug-likeness (QED) is 0.749. The van der Waals surface area contributed by atoms with Gasteiger partial charge in [-0.3, -0.25) is 0 Å². The minimum absolute atomic E-state index is 0.159. The standard InChI is InChI=1S/C15H20O5/c1-10(2)19-14(16)9-18-13-7-5-12(6-8-13)15(17)20-11(3)4/h5-8,10-11H,9H2,1-4H3. The van der Waals surface area contributed by atoms with Crippen LogP contribution in [0.25, 0.3) is 0 Å². The molecule has 110 valence electrons. The van der Waals surface area contributed by atoms with Crippen LogP contribution in [-0.4, -0.2) is 30.8 Å². The zero-order chi connectivity index (χ0) is 15.1. The first-order chi connectivity index (χ1) is 9.38. The summed E-state index contributed by atoms with van der Waals surface area (Å²) >= 11 is 0. The molecule has 1 aromatic carbocycles. The van der Waals surface area contributed by atoms with Gasteiger partial charge in [-0.25, -0.2) is 9.59 Å². The molecular weight excluding hydrogens is 260 g/mol. The Bertz CT molecular complexity index is 448. The molecule has 0 unspecified atom stereocenters. The Morgan fingerprint density at radius 3 is 2.00 bits per heavy atom. The van der Waals surface area contributed by atoms with Gasteiger partial charge < -0.3 is 14.2 Å². The third-order valence-corrected chi connectivity index (χ3v) is 2.16. The van der Waals surface area contributed by atoms with Crippen LogP contribution in [0.5, 0.6) is 5.75 Å². The molecule has 0 aliphatic carbocycles. The lowest BCUT2D eigenvalue weighted by Gasteiger charge is -2.10. The first-order valence-corrected chi connectivity index (χ1v) is 6.52. The Hall–Kier alpha value is -2.04. The van der Waals surface area contributed by atoms with Gasteiger partial charge in [0.1, 0.15) is 5.75 Å². The highest BCUT2D eigenvalue weighted by atomic mass is 16.6. The fourth-order valence-electron chi connectivity index (χ4n) is 1.41. The normalized spacial score (nSPS) is 10.5. The van der Waals surface area contributed by atoms with Crippen molar-refractivity contribution >= 4 is 11.9 Å². The van der Waals surface area contributed by atoms with Gasteiger partial charge in [-0.15, -0.1) is 0 Å². The van der Waals surface area contributed by atoms with Crippen molar-refractivity contribution in [3.8, 4) is 5.75 Å². The highest BCUT2D eigenvalue weighted by Gasteiger charge is 2.10. The van der Waals surface area contributed by atoms with Crippen LogP contribution in [0.4, 0.5) is 0 Å². The van der Waals surface area contributed by atoms with Gasteiger partial charge in [-0.1, -0.05) is 0 Å². The van der Waals surface area contributed by atoms with Crippen LogP contribution >= 0.6 is 0 Å². The van der Waals surface area contributed by atoms with Crippen LogP contribution < -0.4 is 4.74 Å². The Morgan fingerprint density at radius 1 is 0.950 bits per heavy atom. The summed E-state index contributed by atoms with van der Waals surface area (Å²) in [4.78, 5) is 22.9. The van der Waals surface area contributed by atoms with E-state index in [9.17, 15) is 9.59 Å². The van der Waals surface area contributed by atoms with Gasteiger partial charge in [0.2, 0.25) is 0 Å². The molecule has 0 amide bonds. The Kier molecular flexibility index (Phi) is 6.03. The van der Waals surface area contributed by atoms with E-state index >= 15 is 0 Å². The molecular formula is C15H20O5. The van der Waals surface area contributed by atoms with Crippen molar-refractivity contribution in [1.82, 2.24) is 0 Å². The van der Waals surface area contributed by atoms with Gasteiger partial charge in [-0.2, -0.15) is 0 Å². The minimum atomic E-state index is -0.428. The molecule has 0 aromatic heterocycles. The third-order valence-electron chi connectivity index (χ3n) is 2.16. The van der Waals surface area contributed by atoms with Gasteiger partial charge in [0.25, 0.3) is 0 Å². The lowest BCUT2D eigenvalue weighted by molar-refractivity contribution is -0.149. The molecule has 1 rings (SSSR count). The number of rotatable bonds is 6. The Balaban J connectivity index is 2.50. The second-order valence-electron chi connectivity index (χ2n) is 4.81. The largest absolute Gasteiger partial charge is 0.482 e. The molecule has 0 radical (unpaired) electrons. The van der Waals surface area contributed by atoms with Crippen molar-refractivity contribution in [3.05, 3.63) is 29.8 Å². The van der Waals surface area contributed by atoms with Crippen LogP contribution in [0.3, 0.4) is 0 Å². The Labute approximate surface area is 118 Å². The fraction of sp³-hybridized carbons (Fsp3) is 0.467. The molecule has 1 aromatic rings. The molecule has 20 heavy (non-hydrogen) atoms. The minimum Gasteiger partial charge on any atom is -0.482 e. The maximum Gasteiger partial charge on any atom is 0.344 e. The summed E-state index contributed by atoms with van der Waals surface area (Å²) in [5.74, 6) is -0.319. The molecule has 0 bridgehead atoms. The summed E-state index contributed by atoms with van der Waals surface area (Å²) in [7, 11) is 0. The monoisotopic (exact) mass is 280 g/mol. The summed E-state index contributed by atoms with van der Waals surface area (Å²) in [6.45, 7) is 6.96. The van der Waals surface area contributed by atoms with Crippen LogP contribution in [0.1, 0.15) is 38.1 Å².